The van der Waals surface area contributed by atoms with Crippen molar-refractivity contribution in [1.82, 2.24) is 0 Å². The number of nitrogens with zero attached hydrogens (tertiary/aromatic N) is 1. The fourth-order valence-electron chi connectivity index (χ4n) is 5.53. The van der Waals surface area contributed by atoms with Crippen LogP contribution in [0.2, 0.25) is 0 Å². The number of hydrogen-bond donors (Lipinski definition) is 1. The van der Waals surface area contributed by atoms with Crippen molar-refractivity contribution in [3.05, 3.63) is 101 Å². The van der Waals surface area contributed by atoms with Crippen LogP contribution in [0.15, 0.2) is 84.1 Å². The van der Waals surface area contributed by atoms with Gasteiger partial charge in [0.1, 0.15) is 0 Å². The van der Waals surface area contributed by atoms with Gasteiger partial charge in [-0.25, -0.2) is 4.79 Å². The van der Waals surface area contributed by atoms with Crippen LogP contribution in [0.25, 0.3) is 0 Å². The Morgan fingerprint density at radius 3 is 2.35 bits per heavy atom. The van der Waals surface area contributed by atoms with E-state index in [0.717, 1.165) is 5.56 Å². The molecule has 2 unspecified atom stereocenters. The van der Waals surface area contributed by atoms with Crippen LogP contribution in [0.1, 0.15) is 52.6 Å². The van der Waals surface area contributed by atoms with Gasteiger partial charge in [0.15, 0.2) is 17.3 Å². The van der Waals surface area contributed by atoms with Gasteiger partial charge in [-0.2, -0.15) is 0 Å². The zero-order chi connectivity index (χ0) is 26.1. The number of carbonyl (C=O) groups excluding carboxylic acids is 2. The number of benzene rings is 3. The molecule has 3 aromatic rings. The summed E-state index contributed by atoms with van der Waals surface area (Å²) in [6.45, 7) is 0. The van der Waals surface area contributed by atoms with Crippen LogP contribution < -0.4 is 14.4 Å². The number of amides is 1. The summed E-state index contributed by atoms with van der Waals surface area (Å²) in [5.41, 5.74) is 3.43. The summed E-state index contributed by atoms with van der Waals surface area (Å²) in [6, 6.07) is 21.5. The molecule has 1 aliphatic heterocycles. The van der Waals surface area contributed by atoms with Crippen molar-refractivity contribution in [2.45, 2.75) is 31.1 Å². The van der Waals surface area contributed by atoms with Gasteiger partial charge in [0.25, 0.3) is 0 Å². The number of para-hydroxylation sites is 1. The van der Waals surface area contributed by atoms with Gasteiger partial charge < -0.3 is 14.6 Å². The maximum atomic E-state index is 13.8. The van der Waals surface area contributed by atoms with E-state index in [4.69, 9.17) is 9.47 Å². The quantitative estimate of drug-likeness (QED) is 0.495. The van der Waals surface area contributed by atoms with Gasteiger partial charge in [0.2, 0.25) is 5.91 Å². The lowest BCUT2D eigenvalue weighted by atomic mass is 9.72. The Labute approximate surface area is 214 Å². The first-order valence-corrected chi connectivity index (χ1v) is 12.1. The SMILES string of the molecule is COc1cccc(C2CC(=O)N(c3cccc(C(=O)O)c3)C3=C2C(=O)CC(c2ccccc2)C3)c1OC. The Morgan fingerprint density at radius 2 is 1.65 bits per heavy atom. The lowest BCUT2D eigenvalue weighted by Gasteiger charge is -2.41. The second kappa shape index (κ2) is 9.93. The molecule has 1 aliphatic carbocycles. The Bertz CT molecular complexity index is 1410. The maximum absolute atomic E-state index is 13.8. The molecule has 0 saturated heterocycles. The molecule has 2 aliphatic rings. The third kappa shape index (κ3) is 4.37. The van der Waals surface area contributed by atoms with Crippen LogP contribution in [0.3, 0.4) is 0 Å². The third-order valence-corrected chi connectivity index (χ3v) is 7.16. The Kier molecular flexibility index (Phi) is 6.53. The molecule has 3 aromatic carbocycles. The highest BCUT2D eigenvalue weighted by atomic mass is 16.5. The molecule has 0 spiro atoms. The highest BCUT2D eigenvalue weighted by Gasteiger charge is 2.43. The molecule has 7 heteroatoms. The molecule has 7 nitrogen and oxygen atoms in total. The van der Waals surface area contributed by atoms with Crippen LogP contribution in [-0.2, 0) is 9.59 Å². The third-order valence-electron chi connectivity index (χ3n) is 7.16. The smallest absolute Gasteiger partial charge is 0.335 e. The minimum atomic E-state index is -1.08. The van der Waals surface area contributed by atoms with E-state index in [2.05, 4.69) is 0 Å². The zero-order valence-corrected chi connectivity index (χ0v) is 20.6. The molecule has 1 amide bonds. The number of hydrogen-bond acceptors (Lipinski definition) is 5. The van der Waals surface area contributed by atoms with Gasteiger partial charge >= 0.3 is 5.97 Å². The van der Waals surface area contributed by atoms with E-state index in [-0.39, 0.29) is 29.6 Å². The van der Waals surface area contributed by atoms with Crippen LogP contribution >= 0.6 is 0 Å². The topological polar surface area (TPSA) is 93.1 Å². The summed E-state index contributed by atoms with van der Waals surface area (Å²) in [5.74, 6) is -0.909. The standard InChI is InChI=1S/C30H27NO6/c1-36-26-13-7-12-22(29(26)37-2)23-17-27(33)31(21-11-6-10-19(14-21)30(34)35)24-15-20(16-25(32)28(23)24)18-8-4-3-5-9-18/h3-14,20,23H,15-17H2,1-2H3,(H,34,35). The molecular weight excluding hydrogens is 470 g/mol. The Hall–Kier alpha value is -4.39. The second-order valence-electron chi connectivity index (χ2n) is 9.22. The van der Waals surface area contributed by atoms with Crippen molar-refractivity contribution in [3.63, 3.8) is 0 Å². The Morgan fingerprint density at radius 1 is 0.892 bits per heavy atom. The molecule has 1 N–H and O–H groups in total. The van der Waals surface area contributed by atoms with Gasteiger partial charge in [0.05, 0.1) is 19.8 Å². The van der Waals surface area contributed by atoms with Gasteiger partial charge in [-0.05, 0) is 42.2 Å². The van der Waals surface area contributed by atoms with Crippen molar-refractivity contribution in [2.75, 3.05) is 19.1 Å². The number of methoxy groups -OCH3 is 2. The molecule has 0 radical (unpaired) electrons. The van der Waals surface area contributed by atoms with Crippen LogP contribution in [0, 0.1) is 0 Å². The van der Waals surface area contributed by atoms with Crippen molar-refractivity contribution in [3.8, 4) is 11.5 Å². The number of anilines is 1. The van der Waals surface area contributed by atoms with Gasteiger partial charge in [0, 0.05) is 41.3 Å². The fraction of sp³-hybridized carbons (Fsp3) is 0.233. The molecule has 1 heterocycles. The first-order valence-electron chi connectivity index (χ1n) is 12.1. The minimum Gasteiger partial charge on any atom is -0.493 e. The number of carboxylic acids is 1. The summed E-state index contributed by atoms with van der Waals surface area (Å²) in [5, 5.41) is 9.54. The Balaban J connectivity index is 1.70. The molecule has 0 saturated carbocycles. The monoisotopic (exact) mass is 497 g/mol. The van der Waals surface area contributed by atoms with Crippen molar-refractivity contribution >= 4 is 23.3 Å². The summed E-state index contributed by atoms with van der Waals surface area (Å²) < 4.78 is 11.1. The lowest BCUT2D eigenvalue weighted by Crippen LogP contribution is -2.42. The predicted molar refractivity (Wildman–Crippen MR) is 138 cm³/mol. The van der Waals surface area contributed by atoms with E-state index in [1.54, 1.807) is 32.4 Å². The molecule has 2 atom stereocenters. The minimum absolute atomic E-state index is 0.0307. The van der Waals surface area contributed by atoms with Crippen LogP contribution in [0.5, 0.6) is 11.5 Å². The van der Waals surface area contributed by atoms with Crippen molar-refractivity contribution < 1.29 is 29.0 Å². The van der Waals surface area contributed by atoms with E-state index in [9.17, 15) is 19.5 Å². The molecule has 5 rings (SSSR count). The number of ether oxygens (including phenoxy) is 2. The maximum Gasteiger partial charge on any atom is 0.335 e. The van der Waals surface area contributed by atoms with Gasteiger partial charge in [-0.1, -0.05) is 48.5 Å². The number of carboxylic acid groups (broad SMARTS) is 1. The molecule has 0 aromatic heterocycles. The number of Topliss-reactive ketones (excluding diaryl/α,β-unsaturated/α-hetero) is 1. The van der Waals surface area contributed by atoms with Crippen molar-refractivity contribution in [2.24, 2.45) is 0 Å². The molecule has 37 heavy (non-hydrogen) atoms. The lowest BCUT2D eigenvalue weighted by molar-refractivity contribution is -0.120. The van der Waals surface area contributed by atoms with E-state index in [0.29, 0.717) is 46.9 Å². The number of allylic oxidation sites excluding steroid dienone is 2. The summed E-state index contributed by atoms with van der Waals surface area (Å²) >= 11 is 0. The van der Waals surface area contributed by atoms with E-state index in [1.807, 2.05) is 42.5 Å². The van der Waals surface area contributed by atoms with Gasteiger partial charge in [-0.15, -0.1) is 0 Å². The normalized spacial score (nSPS) is 19.5. The van der Waals surface area contributed by atoms with Crippen molar-refractivity contribution in [1.29, 1.82) is 0 Å². The van der Waals surface area contributed by atoms with E-state index >= 15 is 0 Å². The largest absolute Gasteiger partial charge is 0.493 e. The summed E-state index contributed by atoms with van der Waals surface area (Å²) in [6.07, 6.45) is 0.834. The van der Waals surface area contributed by atoms with E-state index < -0.39 is 11.9 Å². The number of rotatable bonds is 6. The fourth-order valence-corrected chi connectivity index (χ4v) is 5.53. The first-order chi connectivity index (χ1) is 17.9. The average molecular weight is 498 g/mol. The van der Waals surface area contributed by atoms with Gasteiger partial charge in [-0.3, -0.25) is 14.5 Å². The molecule has 188 valence electrons. The number of carbonyl (C=O) groups is 3. The average Bonchev–Trinajstić information content (AvgIpc) is 2.92. The van der Waals surface area contributed by atoms with E-state index in [1.165, 1.54) is 17.0 Å². The second-order valence-corrected chi connectivity index (χ2v) is 9.22. The van der Waals surface area contributed by atoms with Crippen LogP contribution in [0.4, 0.5) is 5.69 Å². The number of aromatic carboxylic acids is 1. The zero-order valence-electron chi connectivity index (χ0n) is 20.6. The molecular formula is C30H27NO6. The highest BCUT2D eigenvalue weighted by molar-refractivity contribution is 6.08. The highest BCUT2D eigenvalue weighted by Crippen LogP contribution is 2.49. The predicted octanol–water partition coefficient (Wildman–Crippen LogP) is 5.32. The summed E-state index contributed by atoms with van der Waals surface area (Å²) in [7, 11) is 3.09. The number of ketones is 1. The summed E-state index contributed by atoms with van der Waals surface area (Å²) in [4.78, 5) is 40.8. The molecule has 0 fully saturated rings. The first kappa shape index (κ1) is 24.3. The van der Waals surface area contributed by atoms with Crippen LogP contribution in [-0.4, -0.2) is 37.0 Å². The molecule has 0 bridgehead atoms.